The van der Waals surface area contributed by atoms with Crippen LogP contribution >= 0.6 is 0 Å². The smallest absolute Gasteiger partial charge is 0.388 e. The molecule has 0 amide bonds. The Morgan fingerprint density at radius 3 is 2.17 bits per heavy atom. The molecule has 12 heavy (non-hydrogen) atoms. The SMILES string of the molecule is C=C(C)OC(=O)C(=O)C(=O)C=O. The van der Waals surface area contributed by atoms with E-state index in [0.717, 1.165) is 0 Å². The quantitative estimate of drug-likeness (QED) is 0.185. The van der Waals surface area contributed by atoms with Crippen molar-refractivity contribution in [3.8, 4) is 0 Å². The number of rotatable bonds is 4. The molecule has 0 fully saturated rings. The Morgan fingerprint density at radius 1 is 1.33 bits per heavy atom. The maximum absolute atomic E-state index is 10.5. The molecule has 0 aromatic rings. The zero-order valence-corrected chi connectivity index (χ0v) is 6.33. The van der Waals surface area contributed by atoms with Gasteiger partial charge in [-0.05, 0) is 6.92 Å². The predicted octanol–water partition coefficient (Wildman–Crippen LogP) is -0.600. The van der Waals surface area contributed by atoms with Gasteiger partial charge in [-0.25, -0.2) is 4.79 Å². The Kier molecular flexibility index (Phi) is 3.55. The van der Waals surface area contributed by atoms with Crippen molar-refractivity contribution >= 4 is 23.8 Å². The second-order valence-electron chi connectivity index (χ2n) is 1.90. The first kappa shape index (κ1) is 10.2. The molecule has 0 radical (unpaired) electrons. The molecule has 0 N–H and O–H groups in total. The van der Waals surface area contributed by atoms with Crippen molar-refractivity contribution in [3.63, 3.8) is 0 Å². The van der Waals surface area contributed by atoms with Crippen LogP contribution in [0.2, 0.25) is 0 Å². The summed E-state index contributed by atoms with van der Waals surface area (Å²) in [5.74, 6) is -4.33. The summed E-state index contributed by atoms with van der Waals surface area (Å²) in [4.78, 5) is 41.1. The van der Waals surface area contributed by atoms with Crippen molar-refractivity contribution in [1.29, 1.82) is 0 Å². The Morgan fingerprint density at radius 2 is 1.83 bits per heavy atom. The molecule has 0 spiro atoms. The van der Waals surface area contributed by atoms with Crippen LogP contribution in [-0.2, 0) is 23.9 Å². The van der Waals surface area contributed by atoms with E-state index in [-0.39, 0.29) is 12.0 Å². The molecule has 0 aromatic carbocycles. The number of Topliss-reactive ketones (excluding diaryl/α,β-unsaturated/α-hetero) is 2. The van der Waals surface area contributed by atoms with Gasteiger partial charge in [0.25, 0.3) is 5.78 Å². The van der Waals surface area contributed by atoms with Crippen LogP contribution in [0.1, 0.15) is 6.92 Å². The highest BCUT2D eigenvalue weighted by Gasteiger charge is 2.23. The van der Waals surface area contributed by atoms with Gasteiger partial charge in [0.15, 0.2) is 6.29 Å². The number of aldehydes is 1. The number of carbonyl (C=O) groups is 4. The average Bonchev–Trinajstić information content (AvgIpc) is 2.00. The first-order chi connectivity index (χ1) is 5.49. The third-order valence-corrected chi connectivity index (χ3v) is 0.783. The minimum atomic E-state index is -1.49. The van der Waals surface area contributed by atoms with Crippen LogP contribution in [0.15, 0.2) is 12.3 Å². The third kappa shape index (κ3) is 2.87. The highest BCUT2D eigenvalue weighted by Crippen LogP contribution is 1.92. The molecule has 0 aliphatic rings. The summed E-state index contributed by atoms with van der Waals surface area (Å²) < 4.78 is 4.17. The monoisotopic (exact) mass is 170 g/mol. The second-order valence-corrected chi connectivity index (χ2v) is 1.90. The van der Waals surface area contributed by atoms with Crippen LogP contribution in [0.4, 0.5) is 0 Å². The number of ketones is 2. The van der Waals surface area contributed by atoms with Gasteiger partial charge in [-0.15, -0.1) is 0 Å². The Bertz CT molecular complexity index is 263. The molecule has 0 aliphatic heterocycles. The van der Waals surface area contributed by atoms with E-state index in [9.17, 15) is 19.2 Å². The molecule has 0 unspecified atom stereocenters. The fourth-order valence-electron chi connectivity index (χ4n) is 0.359. The molecule has 0 heterocycles. The van der Waals surface area contributed by atoms with Crippen LogP contribution < -0.4 is 0 Å². The van der Waals surface area contributed by atoms with E-state index in [4.69, 9.17) is 0 Å². The Labute approximate surface area is 68.0 Å². The van der Waals surface area contributed by atoms with E-state index >= 15 is 0 Å². The largest absolute Gasteiger partial charge is 0.426 e. The first-order valence-electron chi connectivity index (χ1n) is 2.90. The number of carbonyl (C=O) groups excluding carboxylic acids is 4. The van der Waals surface area contributed by atoms with Crippen LogP contribution in [0.25, 0.3) is 0 Å². The van der Waals surface area contributed by atoms with E-state index in [1.165, 1.54) is 6.92 Å². The number of allylic oxidation sites excluding steroid dienone is 1. The van der Waals surface area contributed by atoms with Gasteiger partial charge in [0.2, 0.25) is 0 Å². The summed E-state index contributed by atoms with van der Waals surface area (Å²) in [6.07, 6.45) is -0.248. The summed E-state index contributed by atoms with van der Waals surface area (Å²) in [6.45, 7) is 4.50. The van der Waals surface area contributed by atoms with Crippen molar-refractivity contribution in [2.75, 3.05) is 0 Å². The van der Waals surface area contributed by atoms with Gasteiger partial charge in [0.05, 0.1) is 5.76 Å². The maximum atomic E-state index is 10.5. The highest BCUT2D eigenvalue weighted by atomic mass is 16.5. The van der Waals surface area contributed by atoms with E-state index in [0.29, 0.717) is 0 Å². The van der Waals surface area contributed by atoms with Crippen molar-refractivity contribution < 1.29 is 23.9 Å². The Balaban J connectivity index is 4.30. The van der Waals surface area contributed by atoms with Gasteiger partial charge in [-0.1, -0.05) is 6.58 Å². The van der Waals surface area contributed by atoms with Crippen LogP contribution in [0.3, 0.4) is 0 Å². The molecule has 0 saturated carbocycles. The summed E-state index contributed by atoms with van der Waals surface area (Å²) in [5, 5.41) is 0. The lowest BCUT2D eigenvalue weighted by Gasteiger charge is -1.97. The molecular formula is C7H6O5. The van der Waals surface area contributed by atoms with Gasteiger partial charge >= 0.3 is 11.8 Å². The van der Waals surface area contributed by atoms with Crippen molar-refractivity contribution in [2.45, 2.75) is 6.92 Å². The minimum absolute atomic E-state index is 0.0213. The molecule has 64 valence electrons. The lowest BCUT2D eigenvalue weighted by atomic mass is 10.3. The first-order valence-corrected chi connectivity index (χ1v) is 2.90. The molecule has 5 heteroatoms. The molecule has 5 nitrogen and oxygen atoms in total. The van der Waals surface area contributed by atoms with Crippen molar-refractivity contribution in [2.24, 2.45) is 0 Å². The Hall–Kier alpha value is -1.78. The normalized spacial score (nSPS) is 8.42. The minimum Gasteiger partial charge on any atom is -0.426 e. The van der Waals surface area contributed by atoms with Crippen LogP contribution in [-0.4, -0.2) is 23.8 Å². The van der Waals surface area contributed by atoms with Gasteiger partial charge in [0.1, 0.15) is 0 Å². The second kappa shape index (κ2) is 4.17. The summed E-state index contributed by atoms with van der Waals surface area (Å²) in [5.41, 5.74) is 0. The standard InChI is InChI=1S/C7H6O5/c1-4(2)12-7(11)6(10)5(9)3-8/h3H,1H2,2H3. The van der Waals surface area contributed by atoms with Gasteiger partial charge in [0, 0.05) is 0 Å². The molecule has 0 rings (SSSR count). The molecule has 0 bridgehead atoms. The fourth-order valence-corrected chi connectivity index (χ4v) is 0.359. The van der Waals surface area contributed by atoms with Crippen molar-refractivity contribution in [3.05, 3.63) is 12.3 Å². The molecular weight excluding hydrogens is 164 g/mol. The number of ether oxygens (including phenoxy) is 1. The van der Waals surface area contributed by atoms with Gasteiger partial charge in [-0.2, -0.15) is 0 Å². The molecule has 0 saturated heterocycles. The zero-order valence-electron chi connectivity index (χ0n) is 6.33. The third-order valence-electron chi connectivity index (χ3n) is 0.783. The lowest BCUT2D eigenvalue weighted by molar-refractivity contribution is -0.154. The van der Waals surface area contributed by atoms with E-state index < -0.39 is 17.5 Å². The molecule has 0 aromatic heterocycles. The van der Waals surface area contributed by atoms with Gasteiger partial charge in [-0.3, -0.25) is 14.4 Å². The van der Waals surface area contributed by atoms with Crippen molar-refractivity contribution in [1.82, 2.24) is 0 Å². The summed E-state index contributed by atoms with van der Waals surface area (Å²) in [6, 6.07) is 0. The van der Waals surface area contributed by atoms with Crippen LogP contribution in [0.5, 0.6) is 0 Å². The molecule has 0 aliphatic carbocycles. The lowest BCUT2D eigenvalue weighted by Crippen LogP contribution is -2.26. The average molecular weight is 170 g/mol. The number of hydrogen-bond donors (Lipinski definition) is 0. The molecule has 0 atom stereocenters. The fraction of sp³-hybridized carbons (Fsp3) is 0.143. The summed E-state index contributed by atoms with van der Waals surface area (Å²) in [7, 11) is 0. The zero-order chi connectivity index (χ0) is 9.72. The predicted molar refractivity (Wildman–Crippen MR) is 37.0 cm³/mol. The van der Waals surface area contributed by atoms with E-state index in [1.807, 2.05) is 0 Å². The van der Waals surface area contributed by atoms with Crippen LogP contribution in [0, 0.1) is 0 Å². The topological polar surface area (TPSA) is 77.5 Å². The maximum Gasteiger partial charge on any atom is 0.388 e. The van der Waals surface area contributed by atoms with E-state index in [2.05, 4.69) is 11.3 Å². The number of hydrogen-bond acceptors (Lipinski definition) is 5. The van der Waals surface area contributed by atoms with E-state index in [1.54, 1.807) is 0 Å². The summed E-state index contributed by atoms with van der Waals surface area (Å²) >= 11 is 0. The number of esters is 1. The van der Waals surface area contributed by atoms with Gasteiger partial charge < -0.3 is 4.74 Å². The highest BCUT2D eigenvalue weighted by molar-refractivity contribution is 6.73.